The van der Waals surface area contributed by atoms with E-state index in [9.17, 15) is 13.2 Å². The number of aromatic nitrogens is 3. The molecule has 1 saturated carbocycles. The second kappa shape index (κ2) is 5.20. The van der Waals surface area contributed by atoms with Crippen molar-refractivity contribution in [3.8, 4) is 5.69 Å². The van der Waals surface area contributed by atoms with Crippen LogP contribution in [-0.4, -0.2) is 14.5 Å². The Balaban J connectivity index is 1.75. The van der Waals surface area contributed by atoms with E-state index in [1.165, 1.54) is 6.07 Å². The van der Waals surface area contributed by atoms with Crippen LogP contribution in [0.4, 0.5) is 18.9 Å². The zero-order valence-corrected chi connectivity index (χ0v) is 13.9. The lowest BCUT2D eigenvalue weighted by Crippen LogP contribution is -2.15. The van der Waals surface area contributed by atoms with Crippen molar-refractivity contribution in [2.75, 3.05) is 5.43 Å². The van der Waals surface area contributed by atoms with Crippen molar-refractivity contribution in [2.24, 2.45) is 0 Å². The lowest BCUT2D eigenvalue weighted by atomic mass is 10.1. The third-order valence-corrected chi connectivity index (χ3v) is 4.95. The highest BCUT2D eigenvalue weighted by atomic mass is 19.4. The van der Waals surface area contributed by atoms with Gasteiger partial charge in [-0.15, -0.1) is 0 Å². The SMILES string of the molecule is CC1NNc2ccc(-n3c(C4CC4)nc4ccc(C(F)(F)F)nc43)cc21. The zero-order valence-electron chi connectivity index (χ0n) is 13.9. The molecule has 2 N–H and O–H groups in total. The van der Waals surface area contributed by atoms with Crippen LogP contribution in [0.3, 0.4) is 0 Å². The zero-order chi connectivity index (χ0) is 18.1. The minimum absolute atomic E-state index is 0.114. The summed E-state index contributed by atoms with van der Waals surface area (Å²) in [7, 11) is 0. The number of hydrazine groups is 1. The van der Waals surface area contributed by atoms with Crippen molar-refractivity contribution < 1.29 is 13.2 Å². The molecule has 8 heteroatoms. The lowest BCUT2D eigenvalue weighted by Gasteiger charge is -2.12. The Bertz CT molecular complexity index is 1020. The molecule has 1 unspecified atom stereocenters. The minimum Gasteiger partial charge on any atom is -0.321 e. The monoisotopic (exact) mass is 359 g/mol. The molecule has 0 radical (unpaired) electrons. The van der Waals surface area contributed by atoms with Gasteiger partial charge >= 0.3 is 6.18 Å². The van der Waals surface area contributed by atoms with Gasteiger partial charge in [0.15, 0.2) is 5.65 Å². The number of fused-ring (bicyclic) bond motifs is 2. The van der Waals surface area contributed by atoms with Crippen molar-refractivity contribution in [2.45, 2.75) is 37.9 Å². The van der Waals surface area contributed by atoms with E-state index in [1.807, 2.05) is 25.1 Å². The highest BCUT2D eigenvalue weighted by Gasteiger charge is 2.35. The highest BCUT2D eigenvalue weighted by Crippen LogP contribution is 2.42. The van der Waals surface area contributed by atoms with Gasteiger partial charge in [-0.3, -0.25) is 4.57 Å². The number of nitrogens with one attached hydrogen (secondary N) is 2. The van der Waals surface area contributed by atoms with Crippen LogP contribution in [0.5, 0.6) is 0 Å². The highest BCUT2D eigenvalue weighted by molar-refractivity contribution is 5.75. The van der Waals surface area contributed by atoms with Crippen LogP contribution in [0.1, 0.15) is 48.8 Å². The molecule has 1 aliphatic carbocycles. The van der Waals surface area contributed by atoms with E-state index in [4.69, 9.17) is 0 Å². The predicted octanol–water partition coefficient (Wildman–Crippen LogP) is 4.31. The van der Waals surface area contributed by atoms with Gasteiger partial charge in [-0.2, -0.15) is 13.2 Å². The maximum Gasteiger partial charge on any atom is 0.433 e. The van der Waals surface area contributed by atoms with Gasteiger partial charge in [0.05, 0.1) is 11.7 Å². The first-order valence-electron chi connectivity index (χ1n) is 8.54. The van der Waals surface area contributed by atoms with Crippen molar-refractivity contribution in [1.82, 2.24) is 20.0 Å². The molecule has 2 aromatic heterocycles. The number of anilines is 1. The van der Waals surface area contributed by atoms with E-state index in [1.54, 1.807) is 4.57 Å². The third kappa shape index (κ3) is 2.36. The summed E-state index contributed by atoms with van der Waals surface area (Å²) in [4.78, 5) is 8.50. The second-order valence-corrected chi connectivity index (χ2v) is 6.88. The molecule has 0 amide bonds. The van der Waals surface area contributed by atoms with Gasteiger partial charge in [-0.1, -0.05) is 0 Å². The van der Waals surface area contributed by atoms with Gasteiger partial charge in [-0.05, 0) is 55.7 Å². The van der Waals surface area contributed by atoms with E-state index < -0.39 is 11.9 Å². The molecule has 1 atom stereocenters. The van der Waals surface area contributed by atoms with E-state index >= 15 is 0 Å². The Labute approximate surface area is 147 Å². The average Bonchev–Trinajstić information content (AvgIpc) is 3.29. The lowest BCUT2D eigenvalue weighted by molar-refractivity contribution is -0.141. The van der Waals surface area contributed by atoms with Crippen molar-refractivity contribution >= 4 is 16.9 Å². The molecule has 0 saturated heterocycles. The standard InChI is InChI=1S/C18H16F3N5/c1-9-12-8-11(4-5-13(12)25-24-9)26-16(10-2-3-10)22-14-6-7-15(18(19,20)21)23-17(14)26/h4-10,24-25H,2-3H2,1H3. The normalized spacial score (nSPS) is 19.6. The Morgan fingerprint density at radius 2 is 1.92 bits per heavy atom. The molecule has 2 aliphatic rings. The number of alkyl halides is 3. The van der Waals surface area contributed by atoms with Crippen LogP contribution in [0, 0.1) is 0 Å². The average molecular weight is 359 g/mol. The number of halogens is 3. The molecule has 3 aromatic rings. The van der Waals surface area contributed by atoms with E-state index in [0.717, 1.165) is 41.7 Å². The summed E-state index contributed by atoms with van der Waals surface area (Å²) in [5.74, 6) is 1.07. The van der Waals surface area contributed by atoms with Crippen LogP contribution >= 0.6 is 0 Å². The molecular formula is C18H16F3N5. The number of hydrogen-bond donors (Lipinski definition) is 2. The molecule has 1 aromatic carbocycles. The van der Waals surface area contributed by atoms with Gasteiger partial charge < -0.3 is 5.43 Å². The van der Waals surface area contributed by atoms with Crippen LogP contribution < -0.4 is 10.9 Å². The predicted molar refractivity (Wildman–Crippen MR) is 91.0 cm³/mol. The first-order valence-corrected chi connectivity index (χ1v) is 8.54. The molecule has 3 heterocycles. The smallest absolute Gasteiger partial charge is 0.321 e. The Hall–Kier alpha value is -2.61. The van der Waals surface area contributed by atoms with Crippen LogP contribution in [-0.2, 0) is 6.18 Å². The first kappa shape index (κ1) is 15.6. The van der Waals surface area contributed by atoms with Gasteiger partial charge in [-0.25, -0.2) is 15.4 Å². The fraction of sp³-hybridized carbons (Fsp3) is 0.333. The van der Waals surface area contributed by atoms with Crippen molar-refractivity contribution in [1.29, 1.82) is 0 Å². The van der Waals surface area contributed by atoms with Crippen LogP contribution in [0.2, 0.25) is 0 Å². The molecule has 0 bridgehead atoms. The molecular weight excluding hydrogens is 343 g/mol. The summed E-state index contributed by atoms with van der Waals surface area (Å²) < 4.78 is 41.2. The number of imidazole rings is 1. The fourth-order valence-corrected chi connectivity index (χ4v) is 3.43. The molecule has 134 valence electrons. The molecule has 1 aliphatic heterocycles. The van der Waals surface area contributed by atoms with Crippen LogP contribution in [0.25, 0.3) is 16.9 Å². The summed E-state index contributed by atoms with van der Waals surface area (Å²) in [6.45, 7) is 2.02. The number of pyridine rings is 1. The topological polar surface area (TPSA) is 54.8 Å². The number of hydrogen-bond acceptors (Lipinski definition) is 4. The summed E-state index contributed by atoms with van der Waals surface area (Å²) in [5.41, 5.74) is 8.92. The van der Waals surface area contributed by atoms with Crippen molar-refractivity contribution in [3.63, 3.8) is 0 Å². The van der Waals surface area contributed by atoms with E-state index in [0.29, 0.717) is 5.52 Å². The molecule has 0 spiro atoms. The van der Waals surface area contributed by atoms with Crippen LogP contribution in [0.15, 0.2) is 30.3 Å². The van der Waals surface area contributed by atoms with E-state index in [-0.39, 0.29) is 17.6 Å². The fourth-order valence-electron chi connectivity index (χ4n) is 3.43. The third-order valence-electron chi connectivity index (χ3n) is 4.95. The van der Waals surface area contributed by atoms with Gasteiger partial charge in [0, 0.05) is 11.6 Å². The molecule has 5 nitrogen and oxygen atoms in total. The number of benzene rings is 1. The number of nitrogens with zero attached hydrogens (tertiary/aromatic N) is 3. The maximum absolute atomic E-state index is 13.2. The summed E-state index contributed by atoms with van der Waals surface area (Å²) >= 11 is 0. The van der Waals surface area contributed by atoms with Crippen molar-refractivity contribution in [3.05, 3.63) is 47.4 Å². The minimum atomic E-state index is -4.48. The first-order chi connectivity index (χ1) is 12.4. The van der Waals surface area contributed by atoms with Gasteiger partial charge in [0.25, 0.3) is 0 Å². The largest absolute Gasteiger partial charge is 0.433 e. The summed E-state index contributed by atoms with van der Waals surface area (Å²) in [6, 6.07) is 8.32. The quantitative estimate of drug-likeness (QED) is 0.716. The molecule has 1 fully saturated rings. The second-order valence-electron chi connectivity index (χ2n) is 6.88. The van der Waals surface area contributed by atoms with Gasteiger partial charge in [0.2, 0.25) is 0 Å². The summed E-state index contributed by atoms with van der Waals surface area (Å²) in [5, 5.41) is 0. The maximum atomic E-state index is 13.2. The Morgan fingerprint density at radius 1 is 1.12 bits per heavy atom. The number of rotatable bonds is 2. The van der Waals surface area contributed by atoms with E-state index in [2.05, 4.69) is 20.8 Å². The Morgan fingerprint density at radius 3 is 2.65 bits per heavy atom. The van der Waals surface area contributed by atoms with Gasteiger partial charge in [0.1, 0.15) is 17.0 Å². The summed E-state index contributed by atoms with van der Waals surface area (Å²) in [6.07, 6.45) is -2.48. The molecule has 5 rings (SSSR count). The Kier molecular flexibility index (Phi) is 3.13. The molecule has 26 heavy (non-hydrogen) atoms.